The number of amides is 1. The fourth-order valence-corrected chi connectivity index (χ4v) is 4.29. The first-order valence-electron chi connectivity index (χ1n) is 8.48. The van der Waals surface area contributed by atoms with Crippen molar-refractivity contribution in [3.63, 3.8) is 0 Å². The summed E-state index contributed by atoms with van der Waals surface area (Å²) in [5, 5.41) is 7.11. The van der Waals surface area contributed by atoms with Gasteiger partial charge < -0.3 is 5.32 Å². The van der Waals surface area contributed by atoms with Crippen molar-refractivity contribution in [2.24, 2.45) is 0 Å². The van der Waals surface area contributed by atoms with Crippen LogP contribution in [0, 0.1) is 0 Å². The predicted molar refractivity (Wildman–Crippen MR) is 107 cm³/mol. The Labute approximate surface area is 158 Å². The van der Waals surface area contributed by atoms with E-state index in [0.29, 0.717) is 11.6 Å². The molecule has 0 unspecified atom stereocenters. The maximum atomic E-state index is 12.4. The Balaban J connectivity index is 1.65. The molecular weight excluding hydrogens is 362 g/mol. The molecular formula is C20H15N3OS2. The van der Waals surface area contributed by atoms with Crippen molar-refractivity contribution in [2.75, 3.05) is 0 Å². The molecule has 1 amide bonds. The molecule has 1 aliphatic carbocycles. The number of aromatic nitrogens is 2. The van der Waals surface area contributed by atoms with E-state index in [1.54, 1.807) is 22.7 Å². The predicted octanol–water partition coefficient (Wildman–Crippen LogP) is 4.98. The van der Waals surface area contributed by atoms with Gasteiger partial charge in [-0.25, -0.2) is 9.97 Å². The van der Waals surface area contributed by atoms with Crippen LogP contribution in [-0.2, 0) is 0 Å². The first-order chi connectivity index (χ1) is 12.8. The summed E-state index contributed by atoms with van der Waals surface area (Å²) in [6, 6.07) is 14.1. The lowest BCUT2D eigenvalue weighted by Gasteiger charge is -2.09. The van der Waals surface area contributed by atoms with Crippen LogP contribution in [0.2, 0.25) is 0 Å². The van der Waals surface area contributed by atoms with Gasteiger partial charge in [0.15, 0.2) is 0 Å². The van der Waals surface area contributed by atoms with Gasteiger partial charge in [-0.15, -0.1) is 22.7 Å². The van der Waals surface area contributed by atoms with Crippen molar-refractivity contribution in [3.8, 4) is 21.1 Å². The minimum absolute atomic E-state index is 0.0313. The number of carbonyl (C=O) groups is 1. The molecule has 1 N–H and O–H groups in total. The smallest absolute Gasteiger partial charge is 0.251 e. The quantitative estimate of drug-likeness (QED) is 0.546. The molecule has 1 saturated carbocycles. The van der Waals surface area contributed by atoms with Gasteiger partial charge in [-0.1, -0.05) is 12.1 Å². The van der Waals surface area contributed by atoms with Gasteiger partial charge in [-0.2, -0.15) is 0 Å². The van der Waals surface area contributed by atoms with Crippen molar-refractivity contribution in [1.29, 1.82) is 0 Å². The second-order valence-electron chi connectivity index (χ2n) is 6.33. The highest BCUT2D eigenvalue weighted by Gasteiger charge is 2.24. The van der Waals surface area contributed by atoms with Gasteiger partial charge in [0, 0.05) is 11.6 Å². The largest absolute Gasteiger partial charge is 0.349 e. The van der Waals surface area contributed by atoms with Gasteiger partial charge in [0.05, 0.1) is 20.8 Å². The van der Waals surface area contributed by atoms with Gasteiger partial charge in [-0.3, -0.25) is 4.79 Å². The number of nitrogens with zero attached hydrogens (tertiary/aromatic N) is 2. The van der Waals surface area contributed by atoms with Crippen molar-refractivity contribution < 1.29 is 4.79 Å². The van der Waals surface area contributed by atoms with Crippen LogP contribution in [0.4, 0.5) is 0 Å². The molecule has 4 aromatic rings. The van der Waals surface area contributed by atoms with E-state index < -0.39 is 0 Å². The maximum absolute atomic E-state index is 12.4. The Morgan fingerprint density at radius 3 is 2.15 bits per heavy atom. The highest BCUT2D eigenvalue weighted by atomic mass is 32.1. The zero-order chi connectivity index (χ0) is 17.5. The minimum Gasteiger partial charge on any atom is -0.349 e. The Hall–Kier alpha value is -2.57. The lowest BCUT2D eigenvalue weighted by atomic mass is 10.1. The molecule has 5 rings (SSSR count). The summed E-state index contributed by atoms with van der Waals surface area (Å²) in [4.78, 5) is 24.3. The Bertz CT molecular complexity index is 1080. The van der Waals surface area contributed by atoms with E-state index >= 15 is 0 Å². The summed E-state index contributed by atoms with van der Waals surface area (Å²) in [6.07, 6.45) is 2.15. The highest BCUT2D eigenvalue weighted by molar-refractivity contribution is 7.14. The molecule has 0 saturated heterocycles. The fraction of sp³-hybridized carbons (Fsp3) is 0.150. The van der Waals surface area contributed by atoms with E-state index in [1.807, 2.05) is 41.1 Å². The number of nitrogens with one attached hydrogen (secondary N) is 1. The average molecular weight is 377 g/mol. The Morgan fingerprint density at radius 1 is 0.923 bits per heavy atom. The van der Waals surface area contributed by atoms with E-state index in [9.17, 15) is 4.79 Å². The normalized spacial score (nSPS) is 13.8. The van der Waals surface area contributed by atoms with Gasteiger partial charge in [-0.05, 0) is 53.9 Å². The molecule has 26 heavy (non-hydrogen) atoms. The van der Waals surface area contributed by atoms with Gasteiger partial charge in [0.1, 0.15) is 11.4 Å². The zero-order valence-electron chi connectivity index (χ0n) is 13.8. The van der Waals surface area contributed by atoms with Crippen molar-refractivity contribution >= 4 is 39.6 Å². The summed E-state index contributed by atoms with van der Waals surface area (Å²) in [5.74, 6) is -0.0313. The van der Waals surface area contributed by atoms with Crippen molar-refractivity contribution in [2.45, 2.75) is 18.9 Å². The average Bonchev–Trinajstić information content (AvgIpc) is 3.14. The first kappa shape index (κ1) is 15.7. The number of hydrogen-bond acceptors (Lipinski definition) is 5. The fourth-order valence-electron chi connectivity index (χ4n) is 2.86. The van der Waals surface area contributed by atoms with Crippen LogP contribution in [0.25, 0.3) is 32.2 Å². The zero-order valence-corrected chi connectivity index (χ0v) is 15.4. The summed E-state index contributed by atoms with van der Waals surface area (Å²) in [6.45, 7) is 0. The van der Waals surface area contributed by atoms with Crippen LogP contribution in [0.15, 0.2) is 53.2 Å². The van der Waals surface area contributed by atoms with Crippen LogP contribution >= 0.6 is 22.7 Å². The molecule has 0 spiro atoms. The molecule has 1 aromatic carbocycles. The number of benzene rings is 1. The van der Waals surface area contributed by atoms with E-state index in [4.69, 9.17) is 9.97 Å². The minimum atomic E-state index is -0.0313. The summed E-state index contributed by atoms with van der Waals surface area (Å²) >= 11 is 3.30. The van der Waals surface area contributed by atoms with Crippen LogP contribution in [-0.4, -0.2) is 21.9 Å². The molecule has 0 bridgehead atoms. The molecule has 1 fully saturated rings. The SMILES string of the molecule is O=C(NC1CC1)c1ccc2nc(-c3cccs3)c(-c3cccs3)nc2c1. The second-order valence-corrected chi connectivity index (χ2v) is 8.22. The first-order valence-corrected chi connectivity index (χ1v) is 10.2. The molecule has 1 aliphatic rings. The van der Waals surface area contributed by atoms with E-state index in [1.165, 1.54) is 0 Å². The summed E-state index contributed by atoms with van der Waals surface area (Å²) in [5.41, 5.74) is 3.95. The number of fused-ring (bicyclic) bond motifs is 1. The van der Waals surface area contributed by atoms with Gasteiger partial charge in [0.2, 0.25) is 0 Å². The topological polar surface area (TPSA) is 54.9 Å². The molecule has 3 aromatic heterocycles. The van der Waals surface area contributed by atoms with Crippen LogP contribution in [0.3, 0.4) is 0 Å². The maximum Gasteiger partial charge on any atom is 0.251 e. The Morgan fingerprint density at radius 2 is 1.58 bits per heavy atom. The number of rotatable bonds is 4. The molecule has 6 heteroatoms. The van der Waals surface area contributed by atoms with Crippen LogP contribution in [0.1, 0.15) is 23.2 Å². The third-order valence-corrected chi connectivity index (χ3v) is 6.10. The summed E-state index contributed by atoms with van der Waals surface area (Å²) < 4.78 is 0. The van der Waals surface area contributed by atoms with E-state index in [2.05, 4.69) is 17.4 Å². The molecule has 0 aliphatic heterocycles. The molecule has 0 radical (unpaired) electrons. The van der Waals surface area contributed by atoms with Crippen molar-refractivity contribution in [3.05, 3.63) is 58.8 Å². The molecule has 0 atom stereocenters. The molecule has 128 valence electrons. The highest BCUT2D eigenvalue weighted by Crippen LogP contribution is 2.35. The Kier molecular flexibility index (Phi) is 3.80. The third kappa shape index (κ3) is 2.91. The number of thiophene rings is 2. The van der Waals surface area contributed by atoms with E-state index in [0.717, 1.165) is 45.0 Å². The molecule has 4 nitrogen and oxygen atoms in total. The second kappa shape index (κ2) is 6.30. The summed E-state index contributed by atoms with van der Waals surface area (Å²) in [7, 11) is 0. The van der Waals surface area contributed by atoms with Crippen LogP contribution in [0.5, 0.6) is 0 Å². The third-order valence-electron chi connectivity index (χ3n) is 4.35. The van der Waals surface area contributed by atoms with Crippen LogP contribution < -0.4 is 5.32 Å². The monoisotopic (exact) mass is 377 g/mol. The lowest BCUT2D eigenvalue weighted by molar-refractivity contribution is 0.0951. The lowest BCUT2D eigenvalue weighted by Crippen LogP contribution is -2.25. The van der Waals surface area contributed by atoms with Gasteiger partial charge in [0.25, 0.3) is 5.91 Å². The van der Waals surface area contributed by atoms with E-state index in [-0.39, 0.29) is 5.91 Å². The van der Waals surface area contributed by atoms with Crippen molar-refractivity contribution in [1.82, 2.24) is 15.3 Å². The van der Waals surface area contributed by atoms with Gasteiger partial charge >= 0.3 is 0 Å². The molecule has 3 heterocycles. The standard InChI is InChI=1S/C20H15N3OS2/c24-20(21-13-6-7-13)12-5-8-14-15(11-12)23-19(17-4-2-10-26-17)18(22-14)16-3-1-9-25-16/h1-5,8-11,13H,6-7H2,(H,21,24). The number of carbonyl (C=O) groups excluding carboxylic acids is 1. The number of hydrogen-bond donors (Lipinski definition) is 1.